The van der Waals surface area contributed by atoms with E-state index in [1.807, 2.05) is 0 Å². The predicted molar refractivity (Wildman–Crippen MR) is 82.9 cm³/mol. The summed E-state index contributed by atoms with van der Waals surface area (Å²) in [7, 11) is 0. The highest BCUT2D eigenvalue weighted by Crippen LogP contribution is 2.39. The molecule has 1 aromatic carbocycles. The number of thioether (sulfide) groups is 1. The van der Waals surface area contributed by atoms with Gasteiger partial charge in [-0.25, -0.2) is 4.68 Å². The van der Waals surface area contributed by atoms with Crippen molar-refractivity contribution in [1.82, 2.24) is 14.9 Å². The maximum absolute atomic E-state index is 12.9. The Kier molecular flexibility index (Phi) is 4.39. The normalized spacial score (nSPS) is 14.6. The van der Waals surface area contributed by atoms with E-state index in [-0.39, 0.29) is 11.4 Å². The summed E-state index contributed by atoms with van der Waals surface area (Å²) in [5.41, 5.74) is -1.16. The number of benzene rings is 1. The summed E-state index contributed by atoms with van der Waals surface area (Å²) in [4.78, 5) is 11.9. The summed E-state index contributed by atoms with van der Waals surface area (Å²) in [5, 5.41) is 10.5. The van der Waals surface area contributed by atoms with Crippen LogP contribution in [0.2, 0.25) is 0 Å². The molecule has 0 aliphatic heterocycles. The van der Waals surface area contributed by atoms with E-state index in [9.17, 15) is 18.0 Å². The molecule has 1 amide bonds. The molecule has 24 heavy (non-hydrogen) atoms. The number of nitrogens with one attached hydrogen (secondary N) is 1. The quantitative estimate of drug-likeness (QED) is 0.635. The van der Waals surface area contributed by atoms with E-state index < -0.39 is 17.6 Å². The van der Waals surface area contributed by atoms with Crippen LogP contribution in [-0.4, -0.2) is 26.5 Å². The molecule has 1 fully saturated rings. The van der Waals surface area contributed by atoms with Gasteiger partial charge in [-0.05, 0) is 25.0 Å². The molecular weight excluding hydrogens is 343 g/mol. The Morgan fingerprint density at radius 2 is 2.04 bits per heavy atom. The number of carbonyl (C=O) groups is 1. The van der Waals surface area contributed by atoms with E-state index in [4.69, 9.17) is 5.84 Å². The van der Waals surface area contributed by atoms with Crippen LogP contribution in [0.15, 0.2) is 29.4 Å². The highest BCUT2D eigenvalue weighted by Gasteiger charge is 2.33. The smallest absolute Gasteiger partial charge is 0.336 e. The van der Waals surface area contributed by atoms with Gasteiger partial charge in [0.2, 0.25) is 11.1 Å². The van der Waals surface area contributed by atoms with Crippen LogP contribution in [0.1, 0.15) is 30.1 Å². The van der Waals surface area contributed by atoms with Crippen LogP contribution in [0, 0.1) is 0 Å². The molecule has 1 aliphatic carbocycles. The largest absolute Gasteiger partial charge is 0.418 e. The summed E-state index contributed by atoms with van der Waals surface area (Å²) in [6.45, 7) is 0. The van der Waals surface area contributed by atoms with E-state index in [1.54, 1.807) is 0 Å². The first-order valence-electron chi connectivity index (χ1n) is 7.15. The van der Waals surface area contributed by atoms with Gasteiger partial charge < -0.3 is 11.2 Å². The lowest BCUT2D eigenvalue weighted by atomic mass is 10.1. The number of amides is 1. The molecule has 1 aliphatic rings. The van der Waals surface area contributed by atoms with E-state index in [0.29, 0.717) is 16.9 Å². The van der Waals surface area contributed by atoms with Gasteiger partial charge in [0.1, 0.15) is 0 Å². The summed E-state index contributed by atoms with van der Waals surface area (Å²) >= 11 is 1.02. The number of halogens is 3. The highest BCUT2D eigenvalue weighted by atomic mass is 32.2. The average Bonchev–Trinajstić information content (AvgIpc) is 3.29. The van der Waals surface area contributed by atoms with Crippen molar-refractivity contribution in [2.24, 2.45) is 0 Å². The third-order valence-corrected chi connectivity index (χ3v) is 4.42. The molecule has 0 unspecified atom stereocenters. The van der Waals surface area contributed by atoms with Crippen LogP contribution in [0.3, 0.4) is 0 Å². The standard InChI is InChI=1S/C14H14F3N5OS/c15-14(16,17)9-3-1-2-4-10(9)19-11(23)7-24-13-21-20-12(22(13)18)8-5-6-8/h1-4,8H,5-7,18H2,(H,19,23). The number of anilines is 1. The molecule has 0 spiro atoms. The molecule has 3 N–H and O–H groups in total. The molecule has 0 atom stereocenters. The Morgan fingerprint density at radius 3 is 2.71 bits per heavy atom. The molecule has 10 heteroatoms. The SMILES string of the molecule is Nn1c(SCC(=O)Nc2ccccc2C(F)(F)F)nnc1C1CC1. The van der Waals surface area contributed by atoms with Crippen molar-refractivity contribution in [3.05, 3.63) is 35.7 Å². The molecule has 6 nitrogen and oxygen atoms in total. The molecule has 1 aromatic heterocycles. The fourth-order valence-electron chi connectivity index (χ4n) is 2.16. The van der Waals surface area contributed by atoms with Crippen molar-refractivity contribution in [3.63, 3.8) is 0 Å². The Morgan fingerprint density at radius 1 is 1.33 bits per heavy atom. The number of alkyl halides is 3. The lowest BCUT2D eigenvalue weighted by Gasteiger charge is -2.13. The van der Waals surface area contributed by atoms with Crippen molar-refractivity contribution >= 4 is 23.4 Å². The molecule has 0 saturated heterocycles. The van der Waals surface area contributed by atoms with Crippen molar-refractivity contribution < 1.29 is 18.0 Å². The number of hydrogen-bond donors (Lipinski definition) is 2. The minimum atomic E-state index is -4.53. The second kappa shape index (κ2) is 6.34. The Labute approximate surface area is 139 Å². The van der Waals surface area contributed by atoms with Crippen LogP contribution >= 0.6 is 11.8 Å². The van der Waals surface area contributed by atoms with Crippen LogP contribution < -0.4 is 11.2 Å². The number of carbonyl (C=O) groups excluding carboxylic acids is 1. The lowest BCUT2D eigenvalue weighted by Crippen LogP contribution is -2.19. The number of aromatic nitrogens is 3. The van der Waals surface area contributed by atoms with Gasteiger partial charge in [0.25, 0.3) is 0 Å². The van der Waals surface area contributed by atoms with Crippen LogP contribution in [0.5, 0.6) is 0 Å². The van der Waals surface area contributed by atoms with E-state index >= 15 is 0 Å². The summed E-state index contributed by atoms with van der Waals surface area (Å²) in [6, 6.07) is 4.82. The molecule has 0 bridgehead atoms. The van der Waals surface area contributed by atoms with Gasteiger partial charge in [0, 0.05) is 5.92 Å². The minimum Gasteiger partial charge on any atom is -0.336 e. The van der Waals surface area contributed by atoms with Gasteiger partial charge in [-0.1, -0.05) is 23.9 Å². The fourth-order valence-corrected chi connectivity index (χ4v) is 2.83. The minimum absolute atomic E-state index is 0.119. The number of rotatable bonds is 5. The maximum Gasteiger partial charge on any atom is 0.418 e. The zero-order chi connectivity index (χ0) is 17.3. The first-order chi connectivity index (χ1) is 11.4. The number of nitrogens with two attached hydrogens (primary N) is 1. The van der Waals surface area contributed by atoms with Crippen molar-refractivity contribution in [2.75, 3.05) is 16.9 Å². The van der Waals surface area contributed by atoms with Crippen molar-refractivity contribution in [1.29, 1.82) is 0 Å². The number of hydrogen-bond acceptors (Lipinski definition) is 5. The third kappa shape index (κ3) is 3.64. The zero-order valence-electron chi connectivity index (χ0n) is 12.4. The van der Waals surface area contributed by atoms with E-state index in [0.717, 1.165) is 30.7 Å². The second-order valence-corrected chi connectivity index (χ2v) is 6.31. The highest BCUT2D eigenvalue weighted by molar-refractivity contribution is 7.99. The first-order valence-corrected chi connectivity index (χ1v) is 8.14. The first kappa shape index (κ1) is 16.6. The van der Waals surface area contributed by atoms with Crippen LogP contribution in [-0.2, 0) is 11.0 Å². The Hall–Kier alpha value is -2.23. The van der Waals surface area contributed by atoms with E-state index in [2.05, 4.69) is 15.5 Å². The number of nitrogen functional groups attached to an aromatic ring is 1. The van der Waals surface area contributed by atoms with Gasteiger partial charge in [-0.2, -0.15) is 13.2 Å². The van der Waals surface area contributed by atoms with Gasteiger partial charge in [-0.15, -0.1) is 10.2 Å². The Bertz CT molecular complexity index is 757. The van der Waals surface area contributed by atoms with Gasteiger partial charge in [-0.3, -0.25) is 4.79 Å². The van der Waals surface area contributed by atoms with Gasteiger partial charge in [0.05, 0.1) is 17.0 Å². The molecule has 2 aromatic rings. The van der Waals surface area contributed by atoms with Crippen molar-refractivity contribution in [3.8, 4) is 0 Å². The molecule has 128 valence electrons. The zero-order valence-corrected chi connectivity index (χ0v) is 13.2. The summed E-state index contributed by atoms with van der Waals surface area (Å²) < 4.78 is 40.0. The molecule has 1 heterocycles. The third-order valence-electron chi connectivity index (χ3n) is 3.47. The topological polar surface area (TPSA) is 85.8 Å². The molecule has 1 saturated carbocycles. The summed E-state index contributed by atoms with van der Waals surface area (Å²) in [6.07, 6.45) is -2.52. The maximum atomic E-state index is 12.9. The van der Waals surface area contributed by atoms with Crippen molar-refractivity contribution in [2.45, 2.75) is 30.1 Å². The van der Waals surface area contributed by atoms with Gasteiger partial charge in [0.15, 0.2) is 5.82 Å². The number of para-hydroxylation sites is 1. The summed E-state index contributed by atoms with van der Waals surface area (Å²) in [5.74, 6) is 6.14. The van der Waals surface area contributed by atoms with E-state index in [1.165, 1.54) is 22.9 Å². The predicted octanol–water partition coefficient (Wildman–Crippen LogP) is 2.62. The Balaban J connectivity index is 1.62. The van der Waals surface area contributed by atoms with Crippen LogP contribution in [0.25, 0.3) is 0 Å². The average molecular weight is 357 g/mol. The van der Waals surface area contributed by atoms with Gasteiger partial charge >= 0.3 is 6.18 Å². The molecular formula is C14H14F3N5OS. The monoisotopic (exact) mass is 357 g/mol. The lowest BCUT2D eigenvalue weighted by molar-refractivity contribution is -0.137. The fraction of sp³-hybridized carbons (Fsp3) is 0.357. The second-order valence-electron chi connectivity index (χ2n) is 5.37. The number of nitrogens with zero attached hydrogens (tertiary/aromatic N) is 3. The molecule has 0 radical (unpaired) electrons. The van der Waals surface area contributed by atoms with Crippen LogP contribution in [0.4, 0.5) is 18.9 Å². The molecule has 3 rings (SSSR count).